The van der Waals surface area contributed by atoms with E-state index in [4.69, 9.17) is 27.9 Å². The quantitative estimate of drug-likeness (QED) is 0.710. The van der Waals surface area contributed by atoms with Crippen molar-refractivity contribution < 1.29 is 4.74 Å². The molecule has 2 fully saturated rings. The Bertz CT molecular complexity index is 379. The van der Waals surface area contributed by atoms with Gasteiger partial charge in [0.1, 0.15) is 10.3 Å². The zero-order valence-electron chi connectivity index (χ0n) is 7.99. The lowest BCUT2D eigenvalue weighted by atomic mass is 10.2. The maximum atomic E-state index is 5.88. The Morgan fingerprint density at radius 3 is 2.60 bits per heavy atom. The maximum absolute atomic E-state index is 5.88. The molecule has 5 heteroatoms. The molecule has 1 aromatic heterocycles. The van der Waals surface area contributed by atoms with E-state index in [1.165, 1.54) is 0 Å². The van der Waals surface area contributed by atoms with Crippen LogP contribution >= 0.6 is 23.2 Å². The van der Waals surface area contributed by atoms with Crippen molar-refractivity contribution in [1.29, 1.82) is 0 Å². The highest BCUT2D eigenvalue weighted by molar-refractivity contribution is 6.32. The Kier molecular flexibility index (Phi) is 2.27. The summed E-state index contributed by atoms with van der Waals surface area (Å²) in [6.07, 6.45) is 1.48. The van der Waals surface area contributed by atoms with Crippen molar-refractivity contribution in [1.82, 2.24) is 4.98 Å². The van der Waals surface area contributed by atoms with E-state index in [-0.39, 0.29) is 0 Å². The summed E-state index contributed by atoms with van der Waals surface area (Å²) < 4.78 is 5.54. The molecule has 80 valence electrons. The molecule has 2 saturated heterocycles. The number of morpholine rings is 1. The summed E-state index contributed by atoms with van der Waals surface area (Å²) in [5.74, 6) is 0. The largest absolute Gasteiger partial charge is 0.374 e. The molecule has 0 spiro atoms. The number of ether oxygens (including phenoxy) is 1. The number of hydrogen-bond donors (Lipinski definition) is 0. The predicted molar refractivity (Wildman–Crippen MR) is 59.7 cm³/mol. The van der Waals surface area contributed by atoms with Gasteiger partial charge >= 0.3 is 0 Å². The van der Waals surface area contributed by atoms with Gasteiger partial charge in [-0.1, -0.05) is 23.2 Å². The molecule has 0 amide bonds. The van der Waals surface area contributed by atoms with Crippen molar-refractivity contribution in [2.45, 2.75) is 18.6 Å². The van der Waals surface area contributed by atoms with Crippen molar-refractivity contribution in [2.24, 2.45) is 0 Å². The molecule has 2 bridgehead atoms. The molecule has 0 aliphatic carbocycles. The summed E-state index contributed by atoms with van der Waals surface area (Å²) in [7, 11) is 0. The van der Waals surface area contributed by atoms with Gasteiger partial charge in [-0.15, -0.1) is 0 Å². The van der Waals surface area contributed by atoms with Crippen LogP contribution < -0.4 is 4.90 Å². The van der Waals surface area contributed by atoms with Gasteiger partial charge in [-0.25, -0.2) is 4.98 Å². The highest BCUT2D eigenvalue weighted by atomic mass is 35.5. The summed E-state index contributed by atoms with van der Waals surface area (Å²) in [6, 6.07) is 4.19. The summed E-state index contributed by atoms with van der Waals surface area (Å²) in [5.41, 5.74) is 1.05. The van der Waals surface area contributed by atoms with Crippen LogP contribution in [0.5, 0.6) is 0 Å². The first-order valence-corrected chi connectivity index (χ1v) is 5.69. The second kappa shape index (κ2) is 3.51. The lowest BCUT2D eigenvalue weighted by Gasteiger charge is -2.28. The highest BCUT2D eigenvalue weighted by Crippen LogP contribution is 2.34. The van der Waals surface area contributed by atoms with Gasteiger partial charge in [0.2, 0.25) is 0 Å². The normalized spacial score (nSPS) is 28.8. The molecule has 2 aliphatic rings. The first-order valence-electron chi connectivity index (χ1n) is 4.94. The number of hydrogen-bond acceptors (Lipinski definition) is 3. The highest BCUT2D eigenvalue weighted by Gasteiger charge is 2.39. The molecule has 0 saturated carbocycles. The van der Waals surface area contributed by atoms with Gasteiger partial charge in [-0.2, -0.15) is 0 Å². The first-order chi connectivity index (χ1) is 7.22. The minimum absolute atomic E-state index is 0.376. The number of fused-ring (bicyclic) bond motifs is 2. The number of nitrogens with zero attached hydrogens (tertiary/aromatic N) is 2. The molecule has 2 unspecified atom stereocenters. The third-order valence-electron chi connectivity index (χ3n) is 2.98. The first kappa shape index (κ1) is 9.70. The Hall–Kier alpha value is -0.510. The minimum Gasteiger partial charge on any atom is -0.374 e. The molecular formula is C10H10Cl2N2O. The zero-order valence-corrected chi connectivity index (χ0v) is 9.50. The van der Waals surface area contributed by atoms with E-state index >= 15 is 0 Å². The topological polar surface area (TPSA) is 25.4 Å². The predicted octanol–water partition coefficient (Wildman–Crippen LogP) is 2.37. The number of aromatic nitrogens is 1. The molecule has 3 heterocycles. The summed E-state index contributed by atoms with van der Waals surface area (Å²) in [6.45, 7) is 1.74. The van der Waals surface area contributed by atoms with Crippen LogP contribution in [0.3, 0.4) is 0 Å². The van der Waals surface area contributed by atoms with E-state index in [0.717, 1.165) is 25.3 Å². The van der Waals surface area contributed by atoms with E-state index in [0.29, 0.717) is 22.5 Å². The van der Waals surface area contributed by atoms with E-state index in [2.05, 4.69) is 9.88 Å². The van der Waals surface area contributed by atoms with Gasteiger partial charge in [0.25, 0.3) is 0 Å². The molecule has 3 nitrogen and oxygen atoms in total. The van der Waals surface area contributed by atoms with Crippen molar-refractivity contribution in [3.63, 3.8) is 0 Å². The van der Waals surface area contributed by atoms with Gasteiger partial charge < -0.3 is 9.64 Å². The molecule has 15 heavy (non-hydrogen) atoms. The molecule has 0 aromatic carbocycles. The Balaban J connectivity index is 1.93. The minimum atomic E-state index is 0.376. The van der Waals surface area contributed by atoms with Gasteiger partial charge in [0.05, 0.1) is 18.8 Å². The van der Waals surface area contributed by atoms with Crippen LogP contribution in [0.2, 0.25) is 10.3 Å². The Morgan fingerprint density at radius 1 is 1.33 bits per heavy atom. The van der Waals surface area contributed by atoms with Crippen molar-refractivity contribution >= 4 is 28.9 Å². The lowest BCUT2D eigenvalue weighted by Crippen LogP contribution is -2.36. The van der Waals surface area contributed by atoms with Gasteiger partial charge in [0.15, 0.2) is 0 Å². The molecule has 2 aliphatic heterocycles. The Labute approximate surface area is 97.9 Å². The SMILES string of the molecule is Clc1cc(N2CC3CC2CO3)cc(Cl)n1. The second-order valence-electron chi connectivity index (χ2n) is 3.97. The van der Waals surface area contributed by atoms with Crippen LogP contribution in [0.4, 0.5) is 5.69 Å². The third-order valence-corrected chi connectivity index (χ3v) is 3.37. The summed E-state index contributed by atoms with van der Waals surface area (Å²) >= 11 is 11.8. The fourth-order valence-electron chi connectivity index (χ4n) is 2.33. The van der Waals surface area contributed by atoms with Gasteiger partial charge in [-0.3, -0.25) is 0 Å². The second-order valence-corrected chi connectivity index (χ2v) is 4.74. The van der Waals surface area contributed by atoms with Crippen LogP contribution in [-0.2, 0) is 4.74 Å². The molecule has 1 aromatic rings. The van der Waals surface area contributed by atoms with Gasteiger partial charge in [-0.05, 0) is 18.6 Å². The molecule has 0 radical (unpaired) electrons. The van der Waals surface area contributed by atoms with E-state index in [9.17, 15) is 0 Å². The zero-order chi connectivity index (χ0) is 10.4. The number of anilines is 1. The van der Waals surface area contributed by atoms with Crippen LogP contribution in [0.15, 0.2) is 12.1 Å². The standard InChI is InChI=1S/C10H10Cl2N2O/c11-9-2-6(3-10(12)13-9)14-4-8-1-7(14)5-15-8/h2-3,7-8H,1,4-5H2. The van der Waals surface area contributed by atoms with Crippen LogP contribution in [-0.4, -0.2) is 30.3 Å². The smallest absolute Gasteiger partial charge is 0.132 e. The number of pyridine rings is 1. The summed E-state index contributed by atoms with van der Waals surface area (Å²) in [4.78, 5) is 6.24. The number of rotatable bonds is 1. The van der Waals surface area contributed by atoms with E-state index in [1.807, 2.05) is 12.1 Å². The monoisotopic (exact) mass is 244 g/mol. The van der Waals surface area contributed by atoms with E-state index < -0.39 is 0 Å². The summed E-state index contributed by atoms with van der Waals surface area (Å²) in [5, 5.41) is 0.891. The average Bonchev–Trinajstić information content (AvgIpc) is 2.76. The molecular weight excluding hydrogens is 235 g/mol. The van der Waals surface area contributed by atoms with Gasteiger partial charge in [0, 0.05) is 12.2 Å². The van der Waals surface area contributed by atoms with Crippen molar-refractivity contribution in [3.05, 3.63) is 22.4 Å². The van der Waals surface area contributed by atoms with Crippen LogP contribution in [0.1, 0.15) is 6.42 Å². The molecule has 0 N–H and O–H groups in total. The Morgan fingerprint density at radius 2 is 2.07 bits per heavy atom. The van der Waals surface area contributed by atoms with Crippen LogP contribution in [0, 0.1) is 0 Å². The number of halogens is 2. The fraction of sp³-hybridized carbons (Fsp3) is 0.500. The van der Waals surface area contributed by atoms with E-state index in [1.54, 1.807) is 0 Å². The maximum Gasteiger partial charge on any atom is 0.132 e. The van der Waals surface area contributed by atoms with Crippen molar-refractivity contribution in [3.8, 4) is 0 Å². The fourth-order valence-corrected chi connectivity index (χ4v) is 2.78. The lowest BCUT2D eigenvalue weighted by molar-refractivity contribution is 0.0991. The molecule has 2 atom stereocenters. The third kappa shape index (κ3) is 1.69. The van der Waals surface area contributed by atoms with Crippen LogP contribution in [0.25, 0.3) is 0 Å². The van der Waals surface area contributed by atoms with Crippen molar-refractivity contribution in [2.75, 3.05) is 18.1 Å². The molecule has 3 rings (SSSR count). The average molecular weight is 245 g/mol.